The molecule has 0 saturated heterocycles. The molecule has 24 heavy (non-hydrogen) atoms. The summed E-state index contributed by atoms with van der Waals surface area (Å²) in [6.07, 6.45) is 1.62. The number of furan rings is 1. The summed E-state index contributed by atoms with van der Waals surface area (Å²) in [6, 6.07) is 14.5. The molecular formula is C18H19N3O3. The van der Waals surface area contributed by atoms with Gasteiger partial charge in [0.15, 0.2) is 5.82 Å². The molecule has 2 heterocycles. The average molecular weight is 325 g/mol. The number of carbonyl (C=O) groups is 1. The van der Waals surface area contributed by atoms with Crippen LogP contribution >= 0.6 is 0 Å². The number of rotatable bonds is 6. The maximum atomic E-state index is 12.8. The number of nitrogens with zero attached hydrogens (tertiary/aromatic N) is 2. The Hall–Kier alpha value is -2.86. The summed E-state index contributed by atoms with van der Waals surface area (Å²) in [7, 11) is 1.88. The minimum Gasteiger partial charge on any atom is -0.468 e. The fourth-order valence-corrected chi connectivity index (χ4v) is 2.60. The number of aryl methyl sites for hydroxylation is 1. The highest BCUT2D eigenvalue weighted by molar-refractivity contribution is 5.94. The largest absolute Gasteiger partial charge is 0.468 e. The first-order valence-electron chi connectivity index (χ1n) is 7.65. The van der Waals surface area contributed by atoms with Crippen LogP contribution < -0.4 is 5.32 Å². The topological polar surface area (TPSA) is 71.5 Å². The molecule has 1 atom stereocenters. The molecular weight excluding hydrogens is 306 g/mol. The summed E-state index contributed by atoms with van der Waals surface area (Å²) in [4.78, 5) is 14.8. The summed E-state index contributed by atoms with van der Waals surface area (Å²) in [5.74, 6) is 1.67. The molecule has 6 nitrogen and oxygen atoms in total. The van der Waals surface area contributed by atoms with Crippen LogP contribution in [0.2, 0.25) is 0 Å². The first kappa shape index (κ1) is 16.0. The van der Waals surface area contributed by atoms with E-state index in [4.69, 9.17) is 8.94 Å². The fourth-order valence-electron chi connectivity index (χ4n) is 2.60. The van der Waals surface area contributed by atoms with Gasteiger partial charge in [0.1, 0.15) is 17.6 Å². The molecule has 0 bridgehead atoms. The van der Waals surface area contributed by atoms with E-state index in [2.05, 4.69) is 10.5 Å². The van der Waals surface area contributed by atoms with Gasteiger partial charge in [0.25, 0.3) is 0 Å². The predicted molar refractivity (Wildman–Crippen MR) is 89.2 cm³/mol. The molecule has 0 unspecified atom stereocenters. The normalized spacial score (nSPS) is 12.3. The number of amides is 1. The van der Waals surface area contributed by atoms with Crippen LogP contribution in [-0.4, -0.2) is 23.0 Å². The number of aromatic nitrogens is 1. The van der Waals surface area contributed by atoms with E-state index < -0.39 is 6.04 Å². The number of benzene rings is 1. The molecule has 0 fully saturated rings. The second kappa shape index (κ2) is 7.14. The molecule has 1 aromatic carbocycles. The third-order valence-electron chi connectivity index (χ3n) is 3.67. The van der Waals surface area contributed by atoms with Crippen molar-refractivity contribution in [3.8, 4) is 0 Å². The molecule has 2 aromatic heterocycles. The zero-order chi connectivity index (χ0) is 16.9. The minimum absolute atomic E-state index is 0.177. The average Bonchev–Trinajstić information content (AvgIpc) is 3.20. The molecule has 6 heteroatoms. The molecule has 0 spiro atoms. The van der Waals surface area contributed by atoms with Crippen molar-refractivity contribution in [2.24, 2.45) is 0 Å². The number of nitrogens with one attached hydrogen (secondary N) is 1. The molecule has 1 N–H and O–H groups in total. The van der Waals surface area contributed by atoms with Crippen molar-refractivity contribution in [2.75, 3.05) is 12.4 Å². The summed E-state index contributed by atoms with van der Waals surface area (Å²) in [6.45, 7) is 2.29. The first-order chi connectivity index (χ1) is 11.6. The molecule has 0 aliphatic rings. The predicted octanol–water partition coefficient (Wildman–Crippen LogP) is 3.39. The Bertz CT molecular complexity index is 781. The van der Waals surface area contributed by atoms with Gasteiger partial charge in [-0.1, -0.05) is 35.5 Å². The van der Waals surface area contributed by atoms with Crippen LogP contribution in [0.25, 0.3) is 0 Å². The number of hydrogen-bond donors (Lipinski definition) is 1. The quantitative estimate of drug-likeness (QED) is 0.752. The van der Waals surface area contributed by atoms with Crippen molar-refractivity contribution in [2.45, 2.75) is 19.5 Å². The molecule has 1 amide bonds. The van der Waals surface area contributed by atoms with Gasteiger partial charge in [0.05, 0.1) is 12.8 Å². The lowest BCUT2D eigenvalue weighted by atomic mass is 10.0. The molecule has 0 aliphatic carbocycles. The summed E-state index contributed by atoms with van der Waals surface area (Å²) < 4.78 is 10.4. The van der Waals surface area contributed by atoms with E-state index in [1.165, 1.54) is 0 Å². The Kier molecular flexibility index (Phi) is 4.77. The summed E-state index contributed by atoms with van der Waals surface area (Å²) in [5, 5.41) is 6.63. The van der Waals surface area contributed by atoms with Gasteiger partial charge >= 0.3 is 0 Å². The first-order valence-corrected chi connectivity index (χ1v) is 7.65. The second-order valence-electron chi connectivity index (χ2n) is 5.62. The van der Waals surface area contributed by atoms with E-state index in [1.807, 2.05) is 54.4 Å². The van der Waals surface area contributed by atoms with E-state index in [0.717, 1.165) is 11.3 Å². The summed E-state index contributed by atoms with van der Waals surface area (Å²) >= 11 is 0. The SMILES string of the molecule is Cc1cc(NC(=O)[C@@H](c2ccccc2)N(C)Cc2ccco2)no1. The van der Waals surface area contributed by atoms with Gasteiger partial charge < -0.3 is 14.3 Å². The van der Waals surface area contributed by atoms with E-state index >= 15 is 0 Å². The van der Waals surface area contributed by atoms with E-state index in [9.17, 15) is 4.79 Å². The van der Waals surface area contributed by atoms with Crippen molar-refractivity contribution in [3.63, 3.8) is 0 Å². The smallest absolute Gasteiger partial charge is 0.247 e. The third kappa shape index (κ3) is 3.72. The number of hydrogen-bond acceptors (Lipinski definition) is 5. The molecule has 3 aromatic rings. The number of carbonyl (C=O) groups excluding carboxylic acids is 1. The Balaban J connectivity index is 1.82. The van der Waals surface area contributed by atoms with E-state index in [0.29, 0.717) is 18.1 Å². The van der Waals surface area contributed by atoms with Gasteiger partial charge in [-0.05, 0) is 31.7 Å². The molecule has 3 rings (SSSR count). The number of anilines is 1. The summed E-state index contributed by atoms with van der Waals surface area (Å²) in [5.41, 5.74) is 0.893. The van der Waals surface area contributed by atoms with Crippen LogP contribution in [-0.2, 0) is 11.3 Å². The van der Waals surface area contributed by atoms with Gasteiger partial charge in [0.2, 0.25) is 5.91 Å². The zero-order valence-corrected chi connectivity index (χ0v) is 13.6. The molecule has 0 radical (unpaired) electrons. The van der Waals surface area contributed by atoms with Crippen molar-refractivity contribution < 1.29 is 13.7 Å². The Morgan fingerprint density at radius 3 is 2.67 bits per heavy atom. The van der Waals surface area contributed by atoms with Gasteiger partial charge in [-0.3, -0.25) is 9.69 Å². The Labute approximate surface area is 140 Å². The minimum atomic E-state index is -0.478. The second-order valence-corrected chi connectivity index (χ2v) is 5.62. The van der Waals surface area contributed by atoms with Crippen LogP contribution in [0.4, 0.5) is 5.82 Å². The fraction of sp³-hybridized carbons (Fsp3) is 0.222. The highest BCUT2D eigenvalue weighted by atomic mass is 16.5. The zero-order valence-electron chi connectivity index (χ0n) is 13.6. The lowest BCUT2D eigenvalue weighted by molar-refractivity contribution is -0.121. The van der Waals surface area contributed by atoms with Crippen molar-refractivity contribution in [1.29, 1.82) is 0 Å². The van der Waals surface area contributed by atoms with Crippen LogP contribution in [0.5, 0.6) is 0 Å². The van der Waals surface area contributed by atoms with Crippen LogP contribution in [0.3, 0.4) is 0 Å². The lowest BCUT2D eigenvalue weighted by Gasteiger charge is -2.26. The number of likely N-dealkylation sites (N-methyl/N-ethyl adjacent to an activating group) is 1. The third-order valence-corrected chi connectivity index (χ3v) is 3.67. The Morgan fingerprint density at radius 1 is 1.25 bits per heavy atom. The van der Waals surface area contributed by atoms with Crippen LogP contribution in [0, 0.1) is 6.92 Å². The van der Waals surface area contributed by atoms with Crippen molar-refractivity contribution >= 4 is 11.7 Å². The highest BCUT2D eigenvalue weighted by Crippen LogP contribution is 2.23. The monoisotopic (exact) mass is 325 g/mol. The standard InChI is InChI=1S/C18H19N3O3/c1-13-11-16(20-24-13)19-18(22)17(14-7-4-3-5-8-14)21(2)12-15-9-6-10-23-15/h3-11,17H,12H2,1-2H3,(H,19,20,22)/t17-/m1/s1. The van der Waals surface area contributed by atoms with E-state index in [-0.39, 0.29) is 5.91 Å². The highest BCUT2D eigenvalue weighted by Gasteiger charge is 2.26. The van der Waals surface area contributed by atoms with Gasteiger partial charge in [-0.25, -0.2) is 0 Å². The van der Waals surface area contributed by atoms with Gasteiger partial charge in [-0.15, -0.1) is 0 Å². The van der Waals surface area contributed by atoms with Crippen molar-refractivity contribution in [1.82, 2.24) is 10.1 Å². The molecule has 124 valence electrons. The van der Waals surface area contributed by atoms with Crippen LogP contribution in [0.1, 0.15) is 23.1 Å². The molecule has 0 saturated carbocycles. The molecule has 0 aliphatic heterocycles. The maximum Gasteiger partial charge on any atom is 0.247 e. The Morgan fingerprint density at radius 2 is 2.04 bits per heavy atom. The van der Waals surface area contributed by atoms with Crippen LogP contribution in [0.15, 0.2) is 63.7 Å². The van der Waals surface area contributed by atoms with E-state index in [1.54, 1.807) is 19.3 Å². The maximum absolute atomic E-state index is 12.8. The van der Waals surface area contributed by atoms with Gasteiger partial charge in [-0.2, -0.15) is 0 Å². The lowest BCUT2D eigenvalue weighted by Crippen LogP contribution is -2.34. The van der Waals surface area contributed by atoms with Crippen molar-refractivity contribution in [3.05, 3.63) is 71.9 Å². The van der Waals surface area contributed by atoms with Gasteiger partial charge in [0, 0.05) is 6.07 Å².